The highest BCUT2D eigenvalue weighted by molar-refractivity contribution is 9.10. The zero-order valence-electron chi connectivity index (χ0n) is 12.3. The van der Waals surface area contributed by atoms with Crippen molar-refractivity contribution in [2.75, 3.05) is 5.32 Å². The number of benzene rings is 1. The Balaban J connectivity index is 1.83. The number of fused-ring (bicyclic) bond motifs is 1. The summed E-state index contributed by atoms with van der Waals surface area (Å²) in [6.45, 7) is 6.89. The van der Waals surface area contributed by atoms with Crippen molar-refractivity contribution >= 4 is 27.3 Å². The molecule has 108 valence electrons. The summed E-state index contributed by atoms with van der Waals surface area (Å²) in [7, 11) is 0. The molecular weight excluding hydrogens is 328 g/mol. The normalized spacial score (nSPS) is 11.0. The van der Waals surface area contributed by atoms with Gasteiger partial charge in [-0.25, -0.2) is 9.50 Å². The van der Waals surface area contributed by atoms with E-state index in [0.717, 1.165) is 27.1 Å². The standard InChI is InChI=1S/C16H17BrN4/c1-10-4-11(2)16(14(17)5-10)19-8-13-7-18-15-6-12(3)20-21(15)9-13/h4-7,9,19H,8H2,1-3H3. The van der Waals surface area contributed by atoms with Gasteiger partial charge in [-0.05, 0) is 53.9 Å². The van der Waals surface area contributed by atoms with Crippen LogP contribution in [0.25, 0.3) is 5.65 Å². The summed E-state index contributed by atoms with van der Waals surface area (Å²) < 4.78 is 2.91. The van der Waals surface area contributed by atoms with Gasteiger partial charge in [-0.1, -0.05) is 6.07 Å². The maximum atomic E-state index is 4.42. The average molecular weight is 345 g/mol. The van der Waals surface area contributed by atoms with Crippen LogP contribution in [0, 0.1) is 20.8 Å². The fourth-order valence-electron chi connectivity index (χ4n) is 2.46. The lowest BCUT2D eigenvalue weighted by atomic mass is 10.1. The number of halogens is 1. The maximum absolute atomic E-state index is 4.42. The van der Waals surface area contributed by atoms with Gasteiger partial charge < -0.3 is 5.32 Å². The molecule has 0 bridgehead atoms. The topological polar surface area (TPSA) is 42.2 Å². The van der Waals surface area contributed by atoms with E-state index in [2.05, 4.69) is 57.3 Å². The lowest BCUT2D eigenvalue weighted by molar-refractivity contribution is 0.895. The number of nitrogens with one attached hydrogen (secondary N) is 1. The second-order valence-corrected chi connectivity index (χ2v) is 6.20. The first-order chi connectivity index (χ1) is 10.0. The molecule has 0 fully saturated rings. The molecular formula is C16H17BrN4. The molecule has 3 aromatic rings. The minimum absolute atomic E-state index is 0.713. The quantitative estimate of drug-likeness (QED) is 0.779. The fourth-order valence-corrected chi connectivity index (χ4v) is 3.27. The van der Waals surface area contributed by atoms with Gasteiger partial charge in [0.05, 0.1) is 11.4 Å². The molecule has 21 heavy (non-hydrogen) atoms. The first kappa shape index (κ1) is 14.1. The number of anilines is 1. The third kappa shape index (κ3) is 2.93. The first-order valence-electron chi connectivity index (χ1n) is 6.84. The van der Waals surface area contributed by atoms with Crippen molar-refractivity contribution in [1.82, 2.24) is 14.6 Å². The van der Waals surface area contributed by atoms with Crippen LogP contribution in [0.3, 0.4) is 0 Å². The monoisotopic (exact) mass is 344 g/mol. The lowest BCUT2D eigenvalue weighted by Gasteiger charge is -2.12. The van der Waals surface area contributed by atoms with E-state index in [1.54, 1.807) is 0 Å². The second-order valence-electron chi connectivity index (χ2n) is 5.34. The molecule has 2 aromatic heterocycles. The van der Waals surface area contributed by atoms with Crippen LogP contribution in [0.4, 0.5) is 5.69 Å². The summed E-state index contributed by atoms with van der Waals surface area (Å²) in [4.78, 5) is 4.42. The van der Waals surface area contributed by atoms with E-state index in [1.165, 1.54) is 11.1 Å². The van der Waals surface area contributed by atoms with Gasteiger partial charge in [0.1, 0.15) is 0 Å². The van der Waals surface area contributed by atoms with Gasteiger partial charge in [0, 0.05) is 35.0 Å². The maximum Gasteiger partial charge on any atom is 0.155 e. The van der Waals surface area contributed by atoms with Gasteiger partial charge in [0.2, 0.25) is 0 Å². The predicted octanol–water partition coefficient (Wildman–Crippen LogP) is 4.03. The number of aromatic nitrogens is 3. The molecule has 3 rings (SSSR count). The highest BCUT2D eigenvalue weighted by Crippen LogP contribution is 2.28. The molecule has 0 atom stereocenters. The highest BCUT2D eigenvalue weighted by atomic mass is 79.9. The van der Waals surface area contributed by atoms with E-state index in [1.807, 2.05) is 29.9 Å². The molecule has 0 saturated heterocycles. The summed E-state index contributed by atoms with van der Waals surface area (Å²) >= 11 is 3.62. The molecule has 5 heteroatoms. The molecule has 0 aliphatic heterocycles. The largest absolute Gasteiger partial charge is 0.380 e. The van der Waals surface area contributed by atoms with E-state index in [0.29, 0.717) is 6.54 Å². The van der Waals surface area contributed by atoms with Crippen LogP contribution in [-0.4, -0.2) is 14.6 Å². The fraction of sp³-hybridized carbons (Fsp3) is 0.250. The number of nitrogens with zero attached hydrogens (tertiary/aromatic N) is 3. The summed E-state index contributed by atoms with van der Waals surface area (Å²) in [6.07, 6.45) is 3.90. The Hall–Kier alpha value is -1.88. The summed E-state index contributed by atoms with van der Waals surface area (Å²) in [6, 6.07) is 6.26. The molecule has 4 nitrogen and oxygen atoms in total. The van der Waals surface area contributed by atoms with Crippen LogP contribution in [0.15, 0.2) is 35.1 Å². The van der Waals surface area contributed by atoms with Gasteiger partial charge >= 0.3 is 0 Å². The van der Waals surface area contributed by atoms with Crippen LogP contribution in [-0.2, 0) is 6.54 Å². The molecule has 2 heterocycles. The Labute approximate surface area is 132 Å². The van der Waals surface area contributed by atoms with Crippen molar-refractivity contribution in [2.24, 2.45) is 0 Å². The number of hydrogen-bond donors (Lipinski definition) is 1. The molecule has 0 aliphatic rings. The van der Waals surface area contributed by atoms with Crippen molar-refractivity contribution in [3.8, 4) is 0 Å². The second kappa shape index (κ2) is 5.48. The molecule has 1 aromatic carbocycles. The molecule has 0 saturated carbocycles. The van der Waals surface area contributed by atoms with Crippen molar-refractivity contribution in [1.29, 1.82) is 0 Å². The van der Waals surface area contributed by atoms with Crippen LogP contribution in [0.1, 0.15) is 22.4 Å². The van der Waals surface area contributed by atoms with Crippen LogP contribution < -0.4 is 5.32 Å². The first-order valence-corrected chi connectivity index (χ1v) is 7.64. The minimum atomic E-state index is 0.713. The number of rotatable bonds is 3. The van der Waals surface area contributed by atoms with Crippen molar-refractivity contribution in [3.63, 3.8) is 0 Å². The van der Waals surface area contributed by atoms with Crippen LogP contribution in [0.2, 0.25) is 0 Å². The summed E-state index contributed by atoms with van der Waals surface area (Å²) in [5, 5.41) is 7.86. The smallest absolute Gasteiger partial charge is 0.155 e. The van der Waals surface area contributed by atoms with Gasteiger partial charge in [0.15, 0.2) is 5.65 Å². The minimum Gasteiger partial charge on any atom is -0.380 e. The van der Waals surface area contributed by atoms with E-state index in [-0.39, 0.29) is 0 Å². The van der Waals surface area contributed by atoms with E-state index < -0.39 is 0 Å². The molecule has 1 N–H and O–H groups in total. The van der Waals surface area contributed by atoms with Gasteiger partial charge in [0.25, 0.3) is 0 Å². The van der Waals surface area contributed by atoms with E-state index >= 15 is 0 Å². The lowest BCUT2D eigenvalue weighted by Crippen LogP contribution is -2.04. The summed E-state index contributed by atoms with van der Waals surface area (Å²) in [5.41, 5.74) is 6.55. The average Bonchev–Trinajstić information content (AvgIpc) is 2.76. The van der Waals surface area contributed by atoms with Crippen molar-refractivity contribution in [2.45, 2.75) is 27.3 Å². The SMILES string of the molecule is Cc1cc(C)c(NCc2cnc3cc(C)nn3c2)c(Br)c1. The van der Waals surface area contributed by atoms with Crippen molar-refractivity contribution in [3.05, 3.63) is 57.4 Å². The Morgan fingerprint density at radius 2 is 2.00 bits per heavy atom. The summed E-state index contributed by atoms with van der Waals surface area (Å²) in [5.74, 6) is 0. The highest BCUT2D eigenvalue weighted by Gasteiger charge is 2.06. The van der Waals surface area contributed by atoms with Gasteiger partial charge in [-0.15, -0.1) is 0 Å². The van der Waals surface area contributed by atoms with E-state index in [9.17, 15) is 0 Å². The molecule has 0 amide bonds. The molecule has 0 aliphatic carbocycles. The van der Waals surface area contributed by atoms with E-state index in [4.69, 9.17) is 0 Å². The van der Waals surface area contributed by atoms with Gasteiger partial charge in [-0.2, -0.15) is 5.10 Å². The number of hydrogen-bond acceptors (Lipinski definition) is 3. The molecule has 0 unspecified atom stereocenters. The predicted molar refractivity (Wildman–Crippen MR) is 88.7 cm³/mol. The van der Waals surface area contributed by atoms with Gasteiger partial charge in [-0.3, -0.25) is 0 Å². The number of aryl methyl sites for hydroxylation is 3. The van der Waals surface area contributed by atoms with Crippen molar-refractivity contribution < 1.29 is 0 Å². The Bertz CT molecular complexity index is 784. The Kier molecular flexibility index (Phi) is 3.68. The third-order valence-corrected chi connectivity index (χ3v) is 4.02. The van der Waals surface area contributed by atoms with Crippen LogP contribution in [0.5, 0.6) is 0 Å². The third-order valence-electron chi connectivity index (χ3n) is 3.39. The Morgan fingerprint density at radius 3 is 2.76 bits per heavy atom. The molecule has 0 radical (unpaired) electrons. The molecule has 0 spiro atoms. The zero-order valence-corrected chi connectivity index (χ0v) is 13.9. The van der Waals surface area contributed by atoms with Crippen LogP contribution >= 0.6 is 15.9 Å². The zero-order chi connectivity index (χ0) is 15.0. The Morgan fingerprint density at radius 1 is 1.19 bits per heavy atom.